The minimum Gasteiger partial charge on any atom is -0.454 e. The highest BCUT2D eigenvalue weighted by Crippen LogP contribution is 2.22. The van der Waals surface area contributed by atoms with Crippen molar-refractivity contribution in [1.82, 2.24) is 9.55 Å². The smallest absolute Gasteiger partial charge is 0.338 e. The molecule has 142 valence electrons. The number of Topliss-reactive ketones (excluding diaryl/α,β-unsaturated/α-hetero) is 1. The molecule has 0 radical (unpaired) electrons. The van der Waals surface area contributed by atoms with Crippen LogP contribution in [0.3, 0.4) is 0 Å². The lowest BCUT2D eigenvalue weighted by Crippen LogP contribution is -2.17. The zero-order chi connectivity index (χ0) is 19.6. The van der Waals surface area contributed by atoms with Crippen molar-refractivity contribution in [3.05, 3.63) is 52.3 Å². The van der Waals surface area contributed by atoms with Crippen molar-refractivity contribution >= 4 is 33.3 Å². The number of ether oxygens (including phenoxy) is 2. The number of carbonyl (C=O) groups excluding carboxylic acids is 2. The van der Waals surface area contributed by atoms with Crippen LogP contribution in [0, 0.1) is 13.8 Å². The van der Waals surface area contributed by atoms with Crippen LogP contribution in [0.4, 0.5) is 0 Å². The third-order valence-corrected chi connectivity index (χ3v) is 5.33. The summed E-state index contributed by atoms with van der Waals surface area (Å²) in [5.74, 6) is -0.730. The van der Waals surface area contributed by atoms with Gasteiger partial charge in [0.25, 0.3) is 0 Å². The van der Waals surface area contributed by atoms with E-state index < -0.39 is 5.97 Å². The molecular formula is C20H22N2O4S. The van der Waals surface area contributed by atoms with Crippen molar-refractivity contribution in [2.45, 2.75) is 26.8 Å². The average Bonchev–Trinajstić information content (AvgIpc) is 3.22. The van der Waals surface area contributed by atoms with Crippen molar-refractivity contribution in [1.29, 1.82) is 0 Å². The number of carbonyl (C=O) groups is 2. The highest BCUT2D eigenvalue weighted by atomic mass is 32.1. The van der Waals surface area contributed by atoms with E-state index in [0.29, 0.717) is 17.7 Å². The Hall–Kier alpha value is -2.51. The first-order valence-electron chi connectivity index (χ1n) is 8.63. The van der Waals surface area contributed by atoms with Crippen LogP contribution in [0.2, 0.25) is 0 Å². The largest absolute Gasteiger partial charge is 0.454 e. The third kappa shape index (κ3) is 3.94. The normalized spacial score (nSPS) is 12.3. The number of methoxy groups -OCH3 is 1. The lowest BCUT2D eigenvalue weighted by atomic mass is 10.1. The van der Waals surface area contributed by atoms with Gasteiger partial charge >= 0.3 is 5.97 Å². The summed E-state index contributed by atoms with van der Waals surface area (Å²) < 4.78 is 13.4. The molecule has 27 heavy (non-hydrogen) atoms. The molecular weight excluding hydrogens is 364 g/mol. The molecule has 0 spiro atoms. The maximum atomic E-state index is 12.6. The Kier molecular flexibility index (Phi) is 5.72. The van der Waals surface area contributed by atoms with E-state index in [1.165, 1.54) is 11.3 Å². The van der Waals surface area contributed by atoms with Crippen LogP contribution in [0.25, 0.3) is 10.2 Å². The van der Waals surface area contributed by atoms with E-state index in [2.05, 4.69) is 9.55 Å². The fourth-order valence-electron chi connectivity index (χ4n) is 3.33. The molecule has 3 rings (SSSR count). The number of hydrogen-bond donors (Lipinski definition) is 0. The standard InChI is InChI=1S/C20H22N2O4S/c1-12-7-16(14(3)22(12)13(2)9-25-4)18(23)10-26-20(24)15-5-6-17-19(8-15)27-11-21-17/h5-8,11,13H,9-10H2,1-4H3/t13-/m0/s1. The molecule has 0 aliphatic carbocycles. The van der Waals surface area contributed by atoms with Crippen LogP contribution in [0.5, 0.6) is 0 Å². The molecule has 0 unspecified atom stereocenters. The van der Waals surface area contributed by atoms with Gasteiger partial charge in [-0.15, -0.1) is 11.3 Å². The van der Waals surface area contributed by atoms with Crippen LogP contribution >= 0.6 is 11.3 Å². The highest BCUT2D eigenvalue weighted by Gasteiger charge is 2.20. The Labute approximate surface area is 161 Å². The average molecular weight is 386 g/mol. The molecule has 0 saturated heterocycles. The van der Waals surface area contributed by atoms with Gasteiger partial charge in [0.2, 0.25) is 5.78 Å². The van der Waals surface area contributed by atoms with Gasteiger partial charge in [0.15, 0.2) is 6.61 Å². The third-order valence-electron chi connectivity index (χ3n) is 4.53. The fraction of sp³-hybridized carbons (Fsp3) is 0.350. The summed E-state index contributed by atoms with van der Waals surface area (Å²) in [6, 6.07) is 7.12. The van der Waals surface area contributed by atoms with Gasteiger partial charge in [-0.1, -0.05) is 0 Å². The number of fused-ring (bicyclic) bond motifs is 1. The van der Waals surface area contributed by atoms with Crippen molar-refractivity contribution < 1.29 is 19.1 Å². The Morgan fingerprint density at radius 2 is 2.04 bits per heavy atom. The summed E-state index contributed by atoms with van der Waals surface area (Å²) in [6.45, 7) is 6.15. The van der Waals surface area contributed by atoms with E-state index in [1.807, 2.05) is 26.8 Å². The zero-order valence-electron chi connectivity index (χ0n) is 15.8. The number of aromatic nitrogens is 2. The molecule has 0 bridgehead atoms. The number of rotatable bonds is 7. The summed E-state index contributed by atoms with van der Waals surface area (Å²) in [7, 11) is 1.65. The number of esters is 1. The van der Waals surface area contributed by atoms with Crippen LogP contribution in [-0.4, -0.2) is 41.6 Å². The number of nitrogens with zero attached hydrogens (tertiary/aromatic N) is 2. The fourth-order valence-corrected chi connectivity index (χ4v) is 4.04. The van der Waals surface area contributed by atoms with Crippen LogP contribution in [-0.2, 0) is 9.47 Å². The maximum absolute atomic E-state index is 12.6. The van der Waals surface area contributed by atoms with Gasteiger partial charge in [0.1, 0.15) is 0 Å². The van der Waals surface area contributed by atoms with E-state index in [1.54, 1.807) is 30.8 Å². The predicted molar refractivity (Wildman–Crippen MR) is 105 cm³/mol. The summed E-state index contributed by atoms with van der Waals surface area (Å²) >= 11 is 1.45. The highest BCUT2D eigenvalue weighted by molar-refractivity contribution is 7.16. The zero-order valence-corrected chi connectivity index (χ0v) is 16.6. The first-order chi connectivity index (χ1) is 12.9. The molecule has 0 N–H and O–H groups in total. The minimum absolute atomic E-state index is 0.116. The molecule has 2 heterocycles. The van der Waals surface area contributed by atoms with Gasteiger partial charge in [-0.2, -0.15) is 0 Å². The molecule has 6 nitrogen and oxygen atoms in total. The molecule has 0 aliphatic heterocycles. The van der Waals surface area contributed by atoms with Crippen LogP contribution in [0.15, 0.2) is 29.8 Å². The number of hydrogen-bond acceptors (Lipinski definition) is 6. The molecule has 1 atom stereocenters. The Morgan fingerprint density at radius 3 is 2.78 bits per heavy atom. The van der Waals surface area contributed by atoms with Crippen molar-refractivity contribution in [3.8, 4) is 0 Å². The second-order valence-electron chi connectivity index (χ2n) is 6.49. The lowest BCUT2D eigenvalue weighted by molar-refractivity contribution is 0.0474. The summed E-state index contributed by atoms with van der Waals surface area (Å²) in [4.78, 5) is 29.1. The van der Waals surface area contributed by atoms with E-state index in [4.69, 9.17) is 9.47 Å². The second-order valence-corrected chi connectivity index (χ2v) is 7.38. The molecule has 0 aliphatic rings. The van der Waals surface area contributed by atoms with E-state index in [-0.39, 0.29) is 18.4 Å². The molecule has 0 saturated carbocycles. The predicted octanol–water partition coefficient (Wildman–Crippen LogP) is 3.96. The molecule has 0 fully saturated rings. The van der Waals surface area contributed by atoms with Gasteiger partial charge in [-0.3, -0.25) is 4.79 Å². The first kappa shape index (κ1) is 19.3. The summed E-state index contributed by atoms with van der Waals surface area (Å²) in [5, 5.41) is 0. The van der Waals surface area contributed by atoms with Gasteiger partial charge in [-0.25, -0.2) is 9.78 Å². The quantitative estimate of drug-likeness (QED) is 0.454. The van der Waals surface area contributed by atoms with Gasteiger partial charge in [0.05, 0.1) is 33.9 Å². The summed E-state index contributed by atoms with van der Waals surface area (Å²) in [5.41, 5.74) is 5.38. The lowest BCUT2D eigenvalue weighted by Gasteiger charge is -2.17. The molecule has 1 aromatic carbocycles. The van der Waals surface area contributed by atoms with E-state index in [0.717, 1.165) is 21.6 Å². The van der Waals surface area contributed by atoms with Crippen LogP contribution in [0.1, 0.15) is 45.1 Å². The van der Waals surface area contributed by atoms with E-state index in [9.17, 15) is 9.59 Å². The second kappa shape index (κ2) is 8.02. The van der Waals surface area contributed by atoms with Gasteiger partial charge in [0, 0.05) is 24.1 Å². The van der Waals surface area contributed by atoms with Crippen molar-refractivity contribution in [2.24, 2.45) is 0 Å². The first-order valence-corrected chi connectivity index (χ1v) is 9.51. The minimum atomic E-state index is -0.514. The molecule has 0 amide bonds. The number of aryl methyl sites for hydroxylation is 1. The number of benzene rings is 1. The number of ketones is 1. The van der Waals surface area contributed by atoms with Crippen molar-refractivity contribution in [3.63, 3.8) is 0 Å². The monoisotopic (exact) mass is 386 g/mol. The summed E-state index contributed by atoms with van der Waals surface area (Å²) in [6.07, 6.45) is 0. The van der Waals surface area contributed by atoms with Gasteiger partial charge < -0.3 is 14.0 Å². The van der Waals surface area contributed by atoms with Crippen molar-refractivity contribution in [2.75, 3.05) is 20.3 Å². The van der Waals surface area contributed by atoms with Gasteiger partial charge in [-0.05, 0) is 45.0 Å². The molecule has 7 heteroatoms. The number of thiazole rings is 1. The maximum Gasteiger partial charge on any atom is 0.338 e. The molecule has 3 aromatic rings. The van der Waals surface area contributed by atoms with Crippen LogP contribution < -0.4 is 0 Å². The SMILES string of the molecule is COC[C@H](C)n1c(C)cc(C(=O)COC(=O)c2ccc3ncsc3c2)c1C. The van der Waals surface area contributed by atoms with E-state index >= 15 is 0 Å². The Balaban J connectivity index is 1.70. The Bertz CT molecular complexity index is 989. The topological polar surface area (TPSA) is 70.4 Å². The Morgan fingerprint density at radius 1 is 1.26 bits per heavy atom. The molecule has 2 aromatic heterocycles.